The molecule has 0 aliphatic rings. The van der Waals surface area contributed by atoms with Gasteiger partial charge in [-0.15, -0.1) is 0 Å². The largest absolute Gasteiger partial charge is 0.501 e. The van der Waals surface area contributed by atoms with Crippen LogP contribution in [-0.2, 0) is 27.1 Å². The van der Waals surface area contributed by atoms with Crippen LogP contribution in [-0.4, -0.2) is 19.9 Å². The summed E-state index contributed by atoms with van der Waals surface area (Å²) >= 11 is 0. The summed E-state index contributed by atoms with van der Waals surface area (Å²) in [6.07, 6.45) is 6.08. The Hall–Kier alpha value is -3.14. The topological polar surface area (TPSA) is 30.9 Å². The lowest BCUT2D eigenvalue weighted by atomic mass is 10.1. The fourth-order valence-corrected chi connectivity index (χ4v) is 2.63. The molecule has 0 N–H and O–H groups in total. The standard InChI is InChI=1S/C23H27NO3/c1-4-25-17-15-20-7-11-22(12-8-20)24(19-27-6-3)23-13-9-21(10-14-23)16-18-26-5-2/h4-14H,1-3,15-19H2. The monoisotopic (exact) mass is 365 g/mol. The van der Waals surface area contributed by atoms with Crippen LogP contribution in [0.15, 0.2) is 87.1 Å². The molecule has 0 atom stereocenters. The minimum absolute atomic E-state index is 0.390. The van der Waals surface area contributed by atoms with Gasteiger partial charge < -0.3 is 19.1 Å². The molecule has 4 nitrogen and oxygen atoms in total. The Morgan fingerprint density at radius 1 is 0.630 bits per heavy atom. The third-order valence-electron chi connectivity index (χ3n) is 4.07. The molecular weight excluding hydrogens is 338 g/mol. The fourth-order valence-electron chi connectivity index (χ4n) is 2.63. The van der Waals surface area contributed by atoms with E-state index in [-0.39, 0.29) is 0 Å². The van der Waals surface area contributed by atoms with Gasteiger partial charge in [-0.3, -0.25) is 0 Å². The Kier molecular flexibility index (Phi) is 8.57. The van der Waals surface area contributed by atoms with Crippen LogP contribution >= 0.6 is 0 Å². The highest BCUT2D eigenvalue weighted by atomic mass is 16.5. The quantitative estimate of drug-likeness (QED) is 0.272. The van der Waals surface area contributed by atoms with Crippen molar-refractivity contribution in [3.05, 3.63) is 98.2 Å². The van der Waals surface area contributed by atoms with E-state index >= 15 is 0 Å². The van der Waals surface area contributed by atoms with Crippen LogP contribution in [0.5, 0.6) is 0 Å². The Balaban J connectivity index is 2.10. The lowest BCUT2D eigenvalue weighted by Crippen LogP contribution is -2.19. The highest BCUT2D eigenvalue weighted by molar-refractivity contribution is 5.63. The van der Waals surface area contributed by atoms with E-state index in [2.05, 4.69) is 73.2 Å². The van der Waals surface area contributed by atoms with Gasteiger partial charge in [0.05, 0.1) is 32.0 Å². The maximum atomic E-state index is 5.45. The van der Waals surface area contributed by atoms with Crippen LogP contribution in [0.3, 0.4) is 0 Å². The number of benzene rings is 2. The molecule has 0 radical (unpaired) electrons. The van der Waals surface area contributed by atoms with Gasteiger partial charge in [-0.05, 0) is 35.4 Å². The number of hydrogen-bond acceptors (Lipinski definition) is 4. The molecule has 2 aromatic rings. The van der Waals surface area contributed by atoms with E-state index in [1.165, 1.54) is 29.9 Å². The van der Waals surface area contributed by atoms with Gasteiger partial charge in [0.25, 0.3) is 0 Å². The second-order valence-corrected chi connectivity index (χ2v) is 5.80. The first-order valence-electron chi connectivity index (χ1n) is 8.91. The Morgan fingerprint density at radius 3 is 1.41 bits per heavy atom. The summed E-state index contributed by atoms with van der Waals surface area (Å²) in [4.78, 5) is 2.09. The second-order valence-electron chi connectivity index (χ2n) is 5.80. The van der Waals surface area contributed by atoms with E-state index < -0.39 is 0 Å². The predicted octanol–water partition coefficient (Wildman–Crippen LogP) is 5.35. The van der Waals surface area contributed by atoms with E-state index in [0.29, 0.717) is 19.9 Å². The smallest absolute Gasteiger partial charge is 0.164 e. The van der Waals surface area contributed by atoms with E-state index in [1.54, 1.807) is 0 Å². The van der Waals surface area contributed by atoms with Gasteiger partial charge in [-0.25, -0.2) is 0 Å². The molecule has 0 unspecified atom stereocenters. The zero-order chi connectivity index (χ0) is 19.3. The third kappa shape index (κ3) is 6.59. The van der Waals surface area contributed by atoms with Gasteiger partial charge in [-0.1, -0.05) is 44.0 Å². The maximum absolute atomic E-state index is 5.45. The van der Waals surface area contributed by atoms with Crippen molar-refractivity contribution in [1.29, 1.82) is 0 Å². The summed E-state index contributed by atoms with van der Waals surface area (Å²) in [7, 11) is 0. The van der Waals surface area contributed by atoms with Gasteiger partial charge >= 0.3 is 0 Å². The molecule has 0 fully saturated rings. The molecule has 0 spiro atoms. The van der Waals surface area contributed by atoms with Crippen molar-refractivity contribution in [2.24, 2.45) is 0 Å². The van der Waals surface area contributed by atoms with Crippen molar-refractivity contribution in [1.82, 2.24) is 0 Å². The summed E-state index contributed by atoms with van der Waals surface area (Å²) in [5, 5.41) is 0. The SMILES string of the molecule is C=COCCc1ccc(N(COC=C)c2ccc(CCOC=C)cc2)cc1. The van der Waals surface area contributed by atoms with Crippen molar-refractivity contribution >= 4 is 11.4 Å². The molecule has 2 aromatic carbocycles. The number of rotatable bonds is 13. The normalized spacial score (nSPS) is 9.93. The van der Waals surface area contributed by atoms with E-state index in [4.69, 9.17) is 14.2 Å². The molecule has 0 saturated heterocycles. The predicted molar refractivity (Wildman–Crippen MR) is 111 cm³/mol. The van der Waals surface area contributed by atoms with E-state index in [9.17, 15) is 0 Å². The number of ether oxygens (including phenoxy) is 3. The highest BCUT2D eigenvalue weighted by Crippen LogP contribution is 2.26. The first kappa shape index (κ1) is 20.2. The number of hydrogen-bond donors (Lipinski definition) is 0. The summed E-state index contributed by atoms with van der Waals surface area (Å²) in [5.41, 5.74) is 4.52. The van der Waals surface area contributed by atoms with Crippen molar-refractivity contribution in [2.75, 3.05) is 24.8 Å². The van der Waals surface area contributed by atoms with Gasteiger partial charge in [0.2, 0.25) is 0 Å². The Labute approximate surface area is 162 Å². The molecule has 27 heavy (non-hydrogen) atoms. The van der Waals surface area contributed by atoms with Crippen LogP contribution < -0.4 is 4.90 Å². The number of anilines is 2. The molecular formula is C23H27NO3. The van der Waals surface area contributed by atoms with Gasteiger partial charge in [0.1, 0.15) is 0 Å². The van der Waals surface area contributed by atoms with Crippen LogP contribution in [0, 0.1) is 0 Å². The van der Waals surface area contributed by atoms with Crippen LogP contribution in [0.4, 0.5) is 11.4 Å². The Bertz CT molecular complexity index is 650. The van der Waals surface area contributed by atoms with E-state index in [0.717, 1.165) is 24.2 Å². The van der Waals surface area contributed by atoms with Crippen molar-refractivity contribution in [3.63, 3.8) is 0 Å². The minimum Gasteiger partial charge on any atom is -0.501 e. The molecule has 0 heterocycles. The van der Waals surface area contributed by atoms with Gasteiger partial charge in [0, 0.05) is 24.2 Å². The first-order valence-corrected chi connectivity index (χ1v) is 8.91. The summed E-state index contributed by atoms with van der Waals surface area (Å²) < 4.78 is 15.8. The van der Waals surface area contributed by atoms with Crippen molar-refractivity contribution < 1.29 is 14.2 Å². The lowest BCUT2D eigenvalue weighted by molar-refractivity contribution is 0.255. The fraction of sp³-hybridized carbons (Fsp3) is 0.217. The molecule has 0 aromatic heterocycles. The van der Waals surface area contributed by atoms with Crippen LogP contribution in [0.2, 0.25) is 0 Å². The molecule has 142 valence electrons. The second kappa shape index (κ2) is 11.5. The summed E-state index contributed by atoms with van der Waals surface area (Å²) in [6, 6.07) is 16.7. The zero-order valence-electron chi connectivity index (χ0n) is 15.7. The highest BCUT2D eigenvalue weighted by Gasteiger charge is 2.10. The number of nitrogens with zero attached hydrogens (tertiary/aromatic N) is 1. The average Bonchev–Trinajstić information content (AvgIpc) is 2.71. The van der Waals surface area contributed by atoms with E-state index in [1.807, 2.05) is 0 Å². The first-order chi connectivity index (χ1) is 13.3. The average molecular weight is 365 g/mol. The molecule has 4 heteroatoms. The molecule has 0 aliphatic heterocycles. The van der Waals surface area contributed by atoms with Crippen LogP contribution in [0.1, 0.15) is 11.1 Å². The molecule has 0 bridgehead atoms. The third-order valence-corrected chi connectivity index (χ3v) is 4.07. The van der Waals surface area contributed by atoms with Crippen molar-refractivity contribution in [3.8, 4) is 0 Å². The van der Waals surface area contributed by atoms with Crippen molar-refractivity contribution in [2.45, 2.75) is 12.8 Å². The molecule has 0 aliphatic carbocycles. The van der Waals surface area contributed by atoms with Gasteiger partial charge in [-0.2, -0.15) is 0 Å². The lowest BCUT2D eigenvalue weighted by Gasteiger charge is -2.24. The molecule has 2 rings (SSSR count). The van der Waals surface area contributed by atoms with Gasteiger partial charge in [0.15, 0.2) is 6.73 Å². The molecule has 0 saturated carbocycles. The maximum Gasteiger partial charge on any atom is 0.164 e. The minimum atomic E-state index is 0.390. The Morgan fingerprint density at radius 2 is 1.04 bits per heavy atom. The summed E-state index contributed by atoms with van der Waals surface area (Å²) in [5.74, 6) is 0. The zero-order valence-corrected chi connectivity index (χ0v) is 15.7. The van der Waals surface area contributed by atoms with Crippen LogP contribution in [0.25, 0.3) is 0 Å². The molecule has 0 amide bonds. The summed E-state index contributed by atoms with van der Waals surface area (Å²) in [6.45, 7) is 12.4.